The Labute approximate surface area is 123 Å². The minimum absolute atomic E-state index is 0.521. The lowest BCUT2D eigenvalue weighted by Gasteiger charge is -2.37. The van der Waals surface area contributed by atoms with Crippen molar-refractivity contribution < 1.29 is 4.74 Å². The molecular weight excluding hydrogens is 248 g/mol. The molecule has 1 aliphatic heterocycles. The largest absolute Gasteiger partial charge is 0.377 e. The normalized spacial score (nSPS) is 19.4. The quantitative estimate of drug-likeness (QED) is 0.808. The van der Waals surface area contributed by atoms with Gasteiger partial charge in [0, 0.05) is 18.8 Å². The van der Waals surface area contributed by atoms with Crippen molar-refractivity contribution in [3.8, 4) is 0 Å². The molecule has 1 atom stereocenters. The van der Waals surface area contributed by atoms with Crippen LogP contribution in [0.5, 0.6) is 0 Å². The summed E-state index contributed by atoms with van der Waals surface area (Å²) in [7, 11) is 0. The Bertz CT molecular complexity index is 419. The zero-order valence-electron chi connectivity index (χ0n) is 13.1. The Morgan fingerprint density at radius 3 is 2.90 bits per heavy atom. The monoisotopic (exact) mass is 276 g/mol. The third-order valence-electron chi connectivity index (χ3n) is 4.10. The van der Waals surface area contributed by atoms with Gasteiger partial charge in [-0.25, -0.2) is 0 Å². The first-order valence-corrected chi connectivity index (χ1v) is 7.90. The summed E-state index contributed by atoms with van der Waals surface area (Å²) in [6.45, 7) is 11.4. The molecule has 3 heteroatoms. The van der Waals surface area contributed by atoms with E-state index in [0.717, 1.165) is 39.3 Å². The molecule has 1 fully saturated rings. The zero-order valence-corrected chi connectivity index (χ0v) is 13.1. The highest BCUT2D eigenvalue weighted by Gasteiger charge is 2.21. The fourth-order valence-electron chi connectivity index (χ4n) is 2.79. The van der Waals surface area contributed by atoms with Crippen molar-refractivity contribution in [2.75, 3.05) is 31.2 Å². The van der Waals surface area contributed by atoms with Gasteiger partial charge in [0.05, 0.1) is 19.3 Å². The molecule has 1 aromatic rings. The van der Waals surface area contributed by atoms with Crippen LogP contribution in [0.4, 0.5) is 5.69 Å². The van der Waals surface area contributed by atoms with E-state index in [1.165, 1.54) is 23.2 Å². The number of morpholine rings is 1. The number of nitrogens with one attached hydrogen (secondary N) is 1. The molecule has 3 nitrogen and oxygen atoms in total. The average Bonchev–Trinajstić information content (AvgIpc) is 2.49. The first-order chi connectivity index (χ1) is 9.76. The second-order valence-electron chi connectivity index (χ2n) is 5.62. The molecule has 0 amide bonds. The van der Waals surface area contributed by atoms with Crippen molar-refractivity contribution in [2.45, 2.75) is 46.2 Å². The number of rotatable bonds is 6. The van der Waals surface area contributed by atoms with Crippen LogP contribution in [-0.2, 0) is 11.3 Å². The Morgan fingerprint density at radius 1 is 1.35 bits per heavy atom. The highest BCUT2D eigenvalue weighted by atomic mass is 16.5. The summed E-state index contributed by atoms with van der Waals surface area (Å²) in [4.78, 5) is 2.50. The molecule has 1 N–H and O–H groups in total. The van der Waals surface area contributed by atoms with Gasteiger partial charge in [-0.2, -0.15) is 0 Å². The maximum Gasteiger partial charge on any atom is 0.0670 e. The lowest BCUT2D eigenvalue weighted by molar-refractivity contribution is 0.0930. The van der Waals surface area contributed by atoms with Crippen molar-refractivity contribution in [1.82, 2.24) is 5.32 Å². The SMILES string of the molecule is CCCNCc1ccc(N2CCOCC2CC)cc1C. The van der Waals surface area contributed by atoms with E-state index in [4.69, 9.17) is 4.74 Å². The summed E-state index contributed by atoms with van der Waals surface area (Å²) in [5.41, 5.74) is 4.13. The van der Waals surface area contributed by atoms with Crippen LogP contribution < -0.4 is 10.2 Å². The highest BCUT2D eigenvalue weighted by molar-refractivity contribution is 5.52. The summed E-state index contributed by atoms with van der Waals surface area (Å²) < 4.78 is 5.59. The van der Waals surface area contributed by atoms with Gasteiger partial charge in [0.25, 0.3) is 0 Å². The van der Waals surface area contributed by atoms with Crippen molar-refractivity contribution in [3.63, 3.8) is 0 Å². The smallest absolute Gasteiger partial charge is 0.0670 e. The van der Waals surface area contributed by atoms with Crippen LogP contribution in [0.15, 0.2) is 18.2 Å². The molecule has 0 aliphatic carbocycles. The van der Waals surface area contributed by atoms with Crippen LogP contribution in [-0.4, -0.2) is 32.3 Å². The maximum atomic E-state index is 5.59. The van der Waals surface area contributed by atoms with E-state index in [2.05, 4.69) is 49.2 Å². The summed E-state index contributed by atoms with van der Waals surface area (Å²) in [6, 6.07) is 7.39. The fraction of sp³-hybridized carbons (Fsp3) is 0.647. The molecule has 1 saturated heterocycles. The Hall–Kier alpha value is -1.06. The van der Waals surface area contributed by atoms with Crippen molar-refractivity contribution in [3.05, 3.63) is 29.3 Å². The number of nitrogens with zero attached hydrogens (tertiary/aromatic N) is 1. The van der Waals surface area contributed by atoms with Crippen LogP contribution in [0.3, 0.4) is 0 Å². The highest BCUT2D eigenvalue weighted by Crippen LogP contribution is 2.24. The number of aryl methyl sites for hydroxylation is 1. The van der Waals surface area contributed by atoms with Gasteiger partial charge in [0.1, 0.15) is 0 Å². The molecule has 1 aliphatic rings. The number of ether oxygens (including phenoxy) is 1. The second kappa shape index (κ2) is 7.65. The van der Waals surface area contributed by atoms with E-state index in [1.54, 1.807) is 0 Å². The number of hydrogen-bond acceptors (Lipinski definition) is 3. The molecule has 1 aromatic carbocycles. The van der Waals surface area contributed by atoms with Crippen LogP contribution >= 0.6 is 0 Å². The average molecular weight is 276 g/mol. The van der Waals surface area contributed by atoms with Gasteiger partial charge in [-0.05, 0) is 49.6 Å². The maximum absolute atomic E-state index is 5.59. The van der Waals surface area contributed by atoms with E-state index >= 15 is 0 Å². The van der Waals surface area contributed by atoms with Crippen molar-refractivity contribution >= 4 is 5.69 Å². The minimum atomic E-state index is 0.521. The number of benzene rings is 1. The number of anilines is 1. The van der Waals surface area contributed by atoms with Crippen LogP contribution in [0.2, 0.25) is 0 Å². The molecule has 20 heavy (non-hydrogen) atoms. The van der Waals surface area contributed by atoms with Gasteiger partial charge < -0.3 is 15.0 Å². The van der Waals surface area contributed by atoms with Gasteiger partial charge in [0.2, 0.25) is 0 Å². The predicted molar refractivity (Wildman–Crippen MR) is 85.4 cm³/mol. The lowest BCUT2D eigenvalue weighted by Crippen LogP contribution is -2.45. The van der Waals surface area contributed by atoms with Gasteiger partial charge in [-0.1, -0.05) is 19.9 Å². The summed E-state index contributed by atoms with van der Waals surface area (Å²) >= 11 is 0. The van der Waals surface area contributed by atoms with Crippen LogP contribution in [0.25, 0.3) is 0 Å². The molecule has 0 bridgehead atoms. The Kier molecular flexibility index (Phi) is 5.86. The van der Waals surface area contributed by atoms with Crippen molar-refractivity contribution in [2.24, 2.45) is 0 Å². The minimum Gasteiger partial charge on any atom is -0.377 e. The Balaban J connectivity index is 2.07. The van der Waals surface area contributed by atoms with Gasteiger partial charge >= 0.3 is 0 Å². The molecule has 112 valence electrons. The summed E-state index contributed by atoms with van der Waals surface area (Å²) in [6.07, 6.45) is 2.32. The Morgan fingerprint density at radius 2 is 2.20 bits per heavy atom. The lowest BCUT2D eigenvalue weighted by atomic mass is 10.1. The summed E-state index contributed by atoms with van der Waals surface area (Å²) in [5, 5.41) is 3.48. The molecule has 0 aromatic heterocycles. The standard InChI is InChI=1S/C17H28N2O/c1-4-8-18-12-15-6-7-17(11-14(15)3)19-9-10-20-13-16(19)5-2/h6-7,11,16,18H,4-5,8-10,12-13H2,1-3H3. The van der Waals surface area contributed by atoms with Crippen LogP contribution in [0, 0.1) is 6.92 Å². The first-order valence-electron chi connectivity index (χ1n) is 7.90. The number of hydrogen-bond donors (Lipinski definition) is 1. The van der Waals surface area contributed by atoms with Crippen molar-refractivity contribution in [1.29, 1.82) is 0 Å². The van der Waals surface area contributed by atoms with E-state index in [0.29, 0.717) is 6.04 Å². The molecular formula is C17H28N2O. The van der Waals surface area contributed by atoms with E-state index in [9.17, 15) is 0 Å². The molecule has 1 heterocycles. The third kappa shape index (κ3) is 3.74. The molecule has 1 unspecified atom stereocenters. The molecule has 0 saturated carbocycles. The van der Waals surface area contributed by atoms with Crippen LogP contribution in [0.1, 0.15) is 37.8 Å². The first kappa shape index (κ1) is 15.3. The summed E-state index contributed by atoms with van der Waals surface area (Å²) in [5.74, 6) is 0. The molecule has 0 radical (unpaired) electrons. The third-order valence-corrected chi connectivity index (χ3v) is 4.10. The molecule has 2 rings (SSSR count). The topological polar surface area (TPSA) is 24.5 Å². The van der Waals surface area contributed by atoms with E-state index < -0.39 is 0 Å². The predicted octanol–water partition coefficient (Wildman–Crippen LogP) is 3.11. The van der Waals surface area contributed by atoms with E-state index in [-0.39, 0.29) is 0 Å². The second-order valence-corrected chi connectivity index (χ2v) is 5.62. The van der Waals surface area contributed by atoms with E-state index in [1.807, 2.05) is 0 Å². The molecule has 0 spiro atoms. The van der Waals surface area contributed by atoms with Gasteiger partial charge in [0.15, 0.2) is 0 Å². The van der Waals surface area contributed by atoms with Gasteiger partial charge in [-0.15, -0.1) is 0 Å². The fourth-order valence-corrected chi connectivity index (χ4v) is 2.79. The zero-order chi connectivity index (χ0) is 14.4. The van der Waals surface area contributed by atoms with Gasteiger partial charge in [-0.3, -0.25) is 0 Å².